The number of ether oxygens (including phenoxy) is 1. The molecule has 35 heavy (non-hydrogen) atoms. The number of aromatic nitrogens is 1. The molecule has 3 aromatic rings. The number of nitrogens with one attached hydrogen (secondary N) is 3. The fourth-order valence-corrected chi connectivity index (χ4v) is 4.17. The minimum absolute atomic E-state index is 0.0551. The molecule has 0 bridgehead atoms. The van der Waals surface area contributed by atoms with Crippen LogP contribution in [0.5, 0.6) is 11.5 Å². The molecule has 1 aromatic heterocycles. The fraction of sp³-hybridized carbons (Fsp3) is 0.174. The van der Waals surface area contributed by atoms with Crippen molar-refractivity contribution in [3.63, 3.8) is 0 Å². The first-order valence-corrected chi connectivity index (χ1v) is 11.9. The number of nitrogens with zero attached hydrogens (tertiary/aromatic N) is 3. The Balaban J connectivity index is 1.50. The van der Waals surface area contributed by atoms with E-state index in [0.29, 0.717) is 34.7 Å². The largest absolute Gasteiger partial charge is 0.457 e. The third-order valence-corrected chi connectivity index (χ3v) is 6.58. The van der Waals surface area contributed by atoms with Crippen LogP contribution >= 0.6 is 0 Å². The van der Waals surface area contributed by atoms with Crippen molar-refractivity contribution in [3.8, 4) is 11.5 Å². The van der Waals surface area contributed by atoms with Crippen LogP contribution in [-0.2, 0) is 10.0 Å². The summed E-state index contributed by atoms with van der Waals surface area (Å²) in [6.45, 7) is 1.65. The zero-order valence-electron chi connectivity index (χ0n) is 18.7. The van der Waals surface area contributed by atoms with Crippen LogP contribution in [0.1, 0.15) is 5.56 Å². The first kappa shape index (κ1) is 24.2. The molecule has 4 rings (SSSR count). The summed E-state index contributed by atoms with van der Waals surface area (Å²) in [6.07, 6.45) is 2.05. The first-order valence-electron chi connectivity index (χ1n) is 10.4. The van der Waals surface area contributed by atoms with Crippen molar-refractivity contribution >= 4 is 33.6 Å². The minimum atomic E-state index is -3.70. The highest BCUT2D eigenvalue weighted by Gasteiger charge is 2.41. The summed E-state index contributed by atoms with van der Waals surface area (Å²) < 4.78 is 61.3. The Morgan fingerprint density at radius 2 is 1.63 bits per heavy atom. The summed E-state index contributed by atoms with van der Waals surface area (Å²) in [5.74, 6) is -2.33. The lowest BCUT2D eigenvalue weighted by Crippen LogP contribution is -2.43. The van der Waals surface area contributed by atoms with Gasteiger partial charge in [-0.15, -0.1) is 0 Å². The van der Waals surface area contributed by atoms with Crippen LogP contribution < -0.4 is 20.1 Å². The van der Waals surface area contributed by atoms with Crippen molar-refractivity contribution in [1.29, 1.82) is 0 Å². The molecule has 1 atom stereocenters. The zero-order valence-corrected chi connectivity index (χ0v) is 19.6. The third kappa shape index (κ3) is 5.78. The van der Waals surface area contributed by atoms with Crippen molar-refractivity contribution in [2.75, 3.05) is 17.7 Å². The molecular weight excluding hydrogens is 478 g/mol. The predicted octanol–water partition coefficient (Wildman–Crippen LogP) is 4.02. The van der Waals surface area contributed by atoms with E-state index in [4.69, 9.17) is 4.74 Å². The van der Waals surface area contributed by atoms with E-state index in [9.17, 15) is 17.2 Å². The monoisotopic (exact) mass is 500 g/mol. The summed E-state index contributed by atoms with van der Waals surface area (Å²) in [5.41, 5.74) is 1.26. The molecule has 2 aromatic carbocycles. The van der Waals surface area contributed by atoms with Crippen LogP contribution in [0.4, 0.5) is 20.2 Å². The molecule has 1 aliphatic heterocycles. The normalized spacial score (nSPS) is 16.9. The highest BCUT2D eigenvalue weighted by atomic mass is 32.2. The topological polar surface area (TPSA) is 117 Å². The van der Waals surface area contributed by atoms with Gasteiger partial charge >= 0.3 is 5.92 Å². The maximum atomic E-state index is 14.5. The number of aryl methyl sites for hydroxylation is 1. The smallest absolute Gasteiger partial charge is 0.322 e. The number of rotatable bonds is 7. The summed E-state index contributed by atoms with van der Waals surface area (Å²) in [4.78, 5) is 11.7. The Hall–Kier alpha value is -3.90. The van der Waals surface area contributed by atoms with Gasteiger partial charge in [0.05, 0.1) is 11.1 Å². The van der Waals surface area contributed by atoms with Gasteiger partial charge in [0.1, 0.15) is 11.5 Å². The lowest BCUT2D eigenvalue weighted by atomic mass is 10.2. The third-order valence-electron chi connectivity index (χ3n) is 5.02. The number of anilines is 2. The average Bonchev–Trinajstić information content (AvgIpc) is 2.84. The second-order valence-electron chi connectivity index (χ2n) is 7.55. The molecule has 9 nitrogen and oxygen atoms in total. The Kier molecular flexibility index (Phi) is 6.76. The molecule has 0 saturated carbocycles. The molecule has 0 aliphatic carbocycles. The second-order valence-corrected chi connectivity index (χ2v) is 9.41. The van der Waals surface area contributed by atoms with Gasteiger partial charge in [0.25, 0.3) is 0 Å². The summed E-state index contributed by atoms with van der Waals surface area (Å²) in [6, 6.07) is 14.4. The van der Waals surface area contributed by atoms with Gasteiger partial charge in [-0.25, -0.2) is 23.1 Å². The van der Waals surface area contributed by atoms with E-state index in [1.54, 1.807) is 67.8 Å². The van der Waals surface area contributed by atoms with Crippen LogP contribution in [0, 0.1) is 6.92 Å². The Labute approximate surface area is 201 Å². The lowest BCUT2D eigenvalue weighted by Gasteiger charge is -2.26. The Bertz CT molecular complexity index is 1360. The highest BCUT2D eigenvalue weighted by Crippen LogP contribution is 2.28. The zero-order chi connectivity index (χ0) is 25.1. The van der Waals surface area contributed by atoms with Gasteiger partial charge < -0.3 is 15.4 Å². The van der Waals surface area contributed by atoms with E-state index in [0.717, 1.165) is 0 Å². The van der Waals surface area contributed by atoms with Gasteiger partial charge in [-0.05, 0) is 68.1 Å². The molecule has 1 aliphatic rings. The quantitative estimate of drug-likeness (QED) is 0.451. The number of hydrogen-bond donors (Lipinski definition) is 3. The molecule has 0 fully saturated rings. The molecule has 0 radical (unpaired) electrons. The van der Waals surface area contributed by atoms with Gasteiger partial charge in [0.15, 0.2) is 6.17 Å². The standard InChI is InChI=1S/C23H22F2N6O3S/c1-15-3-4-17(13-20(15)35(32,33)26-2)30-22-28-14-23(24,25)21(31-22)29-16-5-7-18(8-6-16)34-19-9-11-27-12-10-19/h3-14,21,26,29H,1-2H3,(H,30,31). The molecule has 182 valence electrons. The highest BCUT2D eigenvalue weighted by molar-refractivity contribution is 7.89. The number of sulfonamides is 1. The van der Waals surface area contributed by atoms with Crippen LogP contribution in [0.25, 0.3) is 0 Å². The van der Waals surface area contributed by atoms with Gasteiger partial charge in [-0.3, -0.25) is 4.98 Å². The van der Waals surface area contributed by atoms with Crippen molar-refractivity contribution in [2.24, 2.45) is 9.98 Å². The van der Waals surface area contributed by atoms with Crippen molar-refractivity contribution in [1.82, 2.24) is 9.71 Å². The lowest BCUT2D eigenvalue weighted by molar-refractivity contribution is 0.0627. The van der Waals surface area contributed by atoms with Crippen molar-refractivity contribution in [2.45, 2.75) is 23.9 Å². The number of halogens is 2. The predicted molar refractivity (Wildman–Crippen MR) is 130 cm³/mol. The number of pyridine rings is 1. The van der Waals surface area contributed by atoms with Crippen LogP contribution in [0.3, 0.4) is 0 Å². The molecule has 0 saturated heterocycles. The second kappa shape index (κ2) is 9.76. The number of aliphatic imine (C=N–C) groups is 2. The molecule has 2 heterocycles. The van der Waals surface area contributed by atoms with E-state index in [1.165, 1.54) is 13.1 Å². The number of alkyl halides is 2. The molecule has 0 spiro atoms. The number of hydrogen-bond acceptors (Lipinski definition) is 8. The van der Waals surface area contributed by atoms with Crippen LogP contribution in [0.15, 0.2) is 81.9 Å². The maximum absolute atomic E-state index is 14.5. The van der Waals surface area contributed by atoms with E-state index in [1.807, 2.05) is 0 Å². The summed E-state index contributed by atoms with van der Waals surface area (Å²) >= 11 is 0. The van der Waals surface area contributed by atoms with Gasteiger partial charge in [-0.2, -0.15) is 8.78 Å². The SMILES string of the molecule is CNS(=O)(=O)c1cc(NC2=NC(Nc3ccc(Oc4ccncc4)cc3)C(F)(F)C=N2)ccc1C. The van der Waals surface area contributed by atoms with Crippen molar-refractivity contribution in [3.05, 3.63) is 72.6 Å². The Morgan fingerprint density at radius 3 is 2.31 bits per heavy atom. The molecule has 3 N–H and O–H groups in total. The van der Waals surface area contributed by atoms with Gasteiger partial charge in [0, 0.05) is 23.8 Å². The Morgan fingerprint density at radius 1 is 0.971 bits per heavy atom. The fourth-order valence-electron chi connectivity index (χ4n) is 3.18. The molecule has 12 heteroatoms. The number of guanidine groups is 1. The van der Waals surface area contributed by atoms with Gasteiger partial charge in [0.2, 0.25) is 16.0 Å². The first-order chi connectivity index (χ1) is 16.7. The van der Waals surface area contributed by atoms with Gasteiger partial charge in [-0.1, -0.05) is 6.07 Å². The van der Waals surface area contributed by atoms with Crippen LogP contribution in [-0.4, -0.2) is 44.7 Å². The maximum Gasteiger partial charge on any atom is 0.322 e. The van der Waals surface area contributed by atoms with E-state index >= 15 is 0 Å². The van der Waals surface area contributed by atoms with E-state index < -0.39 is 22.1 Å². The van der Waals surface area contributed by atoms with E-state index in [2.05, 4.69) is 30.3 Å². The molecule has 0 amide bonds. The molecule has 1 unspecified atom stereocenters. The van der Waals surface area contributed by atoms with Crippen LogP contribution in [0.2, 0.25) is 0 Å². The summed E-state index contributed by atoms with van der Waals surface area (Å²) in [7, 11) is -2.39. The van der Waals surface area contributed by atoms with Crippen molar-refractivity contribution < 1.29 is 21.9 Å². The summed E-state index contributed by atoms with van der Waals surface area (Å²) in [5, 5.41) is 5.49. The molecular formula is C23H22F2N6O3S. The minimum Gasteiger partial charge on any atom is -0.457 e. The van der Waals surface area contributed by atoms with E-state index in [-0.39, 0.29) is 10.9 Å². The average molecular weight is 501 g/mol. The number of benzene rings is 2.